The molecule has 1 aromatic rings. The number of ketones is 1. The third-order valence-corrected chi connectivity index (χ3v) is 10.3. The van der Waals surface area contributed by atoms with Crippen LogP contribution in [0.3, 0.4) is 0 Å². The number of carbonyl (C=O) groups is 1. The Morgan fingerprint density at radius 2 is 1.82 bits per heavy atom. The van der Waals surface area contributed by atoms with E-state index in [1.54, 1.807) is 12.1 Å². The van der Waals surface area contributed by atoms with E-state index in [2.05, 4.69) is 13.0 Å². The highest BCUT2D eigenvalue weighted by Crippen LogP contribution is 2.73. The van der Waals surface area contributed by atoms with Gasteiger partial charge in [0.25, 0.3) is 0 Å². The van der Waals surface area contributed by atoms with Crippen molar-refractivity contribution in [3.8, 4) is 0 Å². The van der Waals surface area contributed by atoms with Gasteiger partial charge in [0.2, 0.25) is 0 Å². The van der Waals surface area contributed by atoms with Crippen LogP contribution in [0, 0.1) is 28.1 Å². The van der Waals surface area contributed by atoms with E-state index in [1.165, 1.54) is 12.3 Å². The van der Waals surface area contributed by atoms with Gasteiger partial charge in [-0.25, -0.2) is 4.79 Å². The molecule has 33 heavy (non-hydrogen) atoms. The monoisotopic (exact) mass is 492 g/mol. The molecule has 7 atom stereocenters. The van der Waals surface area contributed by atoms with Crippen LogP contribution < -0.4 is 5.63 Å². The maximum absolute atomic E-state index is 12.7. The average molecular weight is 493 g/mol. The maximum Gasteiger partial charge on any atom is 0.335 e. The first-order valence-electron chi connectivity index (χ1n) is 11.5. The van der Waals surface area contributed by atoms with Crippen LogP contribution in [0.5, 0.6) is 0 Å². The SMILES string of the molecule is CC1(C)C(=O)C=C[C@]2(C)C3C[C@@H](O)[C@]4(C)[C@@H](c5ccc(=O)oc5)C(Cl)(Cl)C[C@]4(O)C3=CCC12. The van der Waals surface area contributed by atoms with Gasteiger partial charge in [-0.3, -0.25) is 4.79 Å². The fourth-order valence-corrected chi connectivity index (χ4v) is 8.88. The second-order valence-electron chi connectivity index (χ2n) is 11.4. The predicted molar refractivity (Wildman–Crippen MR) is 126 cm³/mol. The molecule has 0 radical (unpaired) electrons. The van der Waals surface area contributed by atoms with Crippen molar-refractivity contribution in [3.63, 3.8) is 0 Å². The number of halogens is 2. The average Bonchev–Trinajstić information content (AvgIpc) is 2.90. The van der Waals surface area contributed by atoms with Crippen LogP contribution in [0.4, 0.5) is 0 Å². The number of fused-ring (bicyclic) bond motifs is 5. The van der Waals surface area contributed by atoms with Gasteiger partial charge in [-0.1, -0.05) is 39.8 Å². The molecule has 2 saturated carbocycles. The Morgan fingerprint density at radius 1 is 1.12 bits per heavy atom. The largest absolute Gasteiger partial charge is 0.431 e. The fraction of sp³-hybridized carbons (Fsp3) is 0.615. The summed E-state index contributed by atoms with van der Waals surface area (Å²) in [5, 5.41) is 24.0. The molecule has 7 heteroatoms. The van der Waals surface area contributed by atoms with E-state index in [-0.39, 0.29) is 24.0 Å². The number of aliphatic hydroxyl groups is 2. The molecule has 4 aliphatic carbocycles. The summed E-state index contributed by atoms with van der Waals surface area (Å²) >= 11 is 13.8. The summed E-state index contributed by atoms with van der Waals surface area (Å²) in [6.07, 6.45) is 7.20. The molecule has 0 aromatic carbocycles. The zero-order valence-electron chi connectivity index (χ0n) is 19.3. The number of rotatable bonds is 1. The quantitative estimate of drug-likeness (QED) is 0.443. The van der Waals surface area contributed by atoms with E-state index in [4.69, 9.17) is 27.6 Å². The Morgan fingerprint density at radius 3 is 2.45 bits per heavy atom. The molecule has 178 valence electrons. The highest BCUT2D eigenvalue weighted by molar-refractivity contribution is 6.49. The smallest absolute Gasteiger partial charge is 0.335 e. The lowest BCUT2D eigenvalue weighted by atomic mass is 9.44. The molecule has 1 heterocycles. The Kier molecular flexibility index (Phi) is 4.84. The summed E-state index contributed by atoms with van der Waals surface area (Å²) in [5.74, 6) is -0.669. The Balaban J connectivity index is 1.67. The van der Waals surface area contributed by atoms with Crippen LogP contribution >= 0.6 is 23.2 Å². The van der Waals surface area contributed by atoms with Gasteiger partial charge in [-0.2, -0.15) is 0 Å². The lowest BCUT2D eigenvalue weighted by Crippen LogP contribution is -2.63. The maximum atomic E-state index is 12.7. The molecule has 1 aromatic heterocycles. The van der Waals surface area contributed by atoms with Crippen molar-refractivity contribution in [1.29, 1.82) is 0 Å². The number of carbonyl (C=O) groups excluding carboxylic acids is 1. The van der Waals surface area contributed by atoms with Gasteiger partial charge < -0.3 is 14.6 Å². The second-order valence-corrected chi connectivity index (χ2v) is 13.0. The van der Waals surface area contributed by atoms with Crippen molar-refractivity contribution < 1.29 is 19.4 Å². The molecular weight excluding hydrogens is 463 g/mol. The Hall–Kier alpha value is -1.40. The number of hydrogen-bond acceptors (Lipinski definition) is 5. The minimum absolute atomic E-state index is 0.0373. The third-order valence-electron chi connectivity index (χ3n) is 9.64. The normalized spacial score (nSPS) is 45.1. The van der Waals surface area contributed by atoms with Crippen molar-refractivity contribution in [3.05, 3.63) is 58.2 Å². The fourth-order valence-electron chi connectivity index (χ4n) is 7.79. The summed E-state index contributed by atoms with van der Waals surface area (Å²) in [7, 11) is 0. The number of aliphatic hydroxyl groups excluding tert-OH is 1. The molecule has 5 rings (SSSR count). The second kappa shape index (κ2) is 6.84. The molecule has 0 bridgehead atoms. The zero-order valence-corrected chi connectivity index (χ0v) is 20.8. The van der Waals surface area contributed by atoms with E-state index in [0.29, 0.717) is 18.4 Å². The lowest BCUT2D eigenvalue weighted by molar-refractivity contribution is -0.153. The highest BCUT2D eigenvalue weighted by atomic mass is 35.5. The van der Waals surface area contributed by atoms with Gasteiger partial charge in [-0.05, 0) is 53.4 Å². The third kappa shape index (κ3) is 2.80. The standard InChI is InChI=1S/C26H30Cl2O5/c1-22(2)17-7-6-15-16(23(17,3)10-9-18(22)29)11-19(30)24(4)21(14-5-8-20(31)33-12-14)26(27,28)13-25(15,24)32/h5-6,8-10,12,16-17,19,21,30,32H,7,11,13H2,1-4H3/t16?,17?,19-,21-,23-,24-,25+/m1/s1. The number of alkyl halides is 2. The van der Waals surface area contributed by atoms with Gasteiger partial charge in [0, 0.05) is 29.2 Å². The minimum atomic E-state index is -1.47. The molecule has 0 aliphatic heterocycles. The van der Waals surface area contributed by atoms with Gasteiger partial charge in [0.1, 0.15) is 4.33 Å². The number of allylic oxidation sites excluding steroid dienone is 3. The van der Waals surface area contributed by atoms with E-state index >= 15 is 0 Å². The lowest BCUT2D eigenvalue weighted by Gasteiger charge is -2.61. The first-order valence-corrected chi connectivity index (χ1v) is 12.3. The minimum Gasteiger partial charge on any atom is -0.431 e. The molecule has 0 saturated heterocycles. The predicted octanol–water partition coefficient (Wildman–Crippen LogP) is 4.54. The summed E-state index contributed by atoms with van der Waals surface area (Å²) in [6.45, 7) is 7.92. The van der Waals surface area contributed by atoms with Crippen LogP contribution in [0.25, 0.3) is 0 Å². The van der Waals surface area contributed by atoms with Crippen molar-refractivity contribution >= 4 is 29.0 Å². The molecule has 2 N–H and O–H groups in total. The Labute approximate surface area is 203 Å². The summed E-state index contributed by atoms with van der Waals surface area (Å²) < 4.78 is 3.70. The van der Waals surface area contributed by atoms with Crippen molar-refractivity contribution in [2.75, 3.05) is 0 Å². The van der Waals surface area contributed by atoms with Crippen molar-refractivity contribution in [1.82, 2.24) is 0 Å². The molecule has 4 aliphatic rings. The summed E-state index contributed by atoms with van der Waals surface area (Å²) in [4.78, 5) is 24.2. The van der Waals surface area contributed by atoms with Crippen molar-refractivity contribution in [2.45, 2.75) is 68.9 Å². The van der Waals surface area contributed by atoms with Gasteiger partial charge >= 0.3 is 5.63 Å². The first-order chi connectivity index (χ1) is 15.2. The van der Waals surface area contributed by atoms with Crippen molar-refractivity contribution in [2.24, 2.45) is 28.1 Å². The first kappa shape index (κ1) is 23.3. The van der Waals surface area contributed by atoms with E-state index in [0.717, 1.165) is 5.57 Å². The molecule has 0 amide bonds. The van der Waals surface area contributed by atoms with E-state index < -0.39 is 43.8 Å². The van der Waals surface area contributed by atoms with Crippen LogP contribution in [-0.4, -0.2) is 32.0 Å². The van der Waals surface area contributed by atoms with E-state index in [9.17, 15) is 19.8 Å². The molecule has 2 unspecified atom stereocenters. The zero-order chi connectivity index (χ0) is 24.2. The van der Waals surface area contributed by atoms with Gasteiger partial charge in [0.05, 0.1) is 18.0 Å². The molecule has 0 spiro atoms. The molecule has 2 fully saturated rings. The van der Waals surface area contributed by atoms with E-state index in [1.807, 2.05) is 26.8 Å². The van der Waals surface area contributed by atoms with Gasteiger partial charge in [0.15, 0.2) is 5.78 Å². The summed E-state index contributed by atoms with van der Waals surface area (Å²) in [5.41, 5.74) is -2.60. The Bertz CT molecular complexity index is 1130. The highest BCUT2D eigenvalue weighted by Gasteiger charge is 2.74. The summed E-state index contributed by atoms with van der Waals surface area (Å²) in [6, 6.07) is 2.91. The van der Waals surface area contributed by atoms with Gasteiger partial charge in [-0.15, -0.1) is 23.2 Å². The van der Waals surface area contributed by atoms with Crippen LogP contribution in [0.15, 0.2) is 51.4 Å². The topological polar surface area (TPSA) is 87.7 Å². The molecule has 5 nitrogen and oxygen atoms in total. The van der Waals surface area contributed by atoms with Crippen LogP contribution in [0.1, 0.15) is 58.4 Å². The van der Waals surface area contributed by atoms with Crippen LogP contribution in [-0.2, 0) is 4.79 Å². The molecular formula is C26H30Cl2O5. The number of hydrogen-bond donors (Lipinski definition) is 2. The van der Waals surface area contributed by atoms with Crippen LogP contribution in [0.2, 0.25) is 0 Å².